The maximum Gasteiger partial charge on any atom is 0.246 e. The minimum atomic E-state index is -0.0767. The van der Waals surface area contributed by atoms with E-state index >= 15 is 0 Å². The van der Waals surface area contributed by atoms with E-state index in [4.69, 9.17) is 0 Å². The first-order valence-electron chi connectivity index (χ1n) is 17.4. The smallest absolute Gasteiger partial charge is 0.246 e. The first kappa shape index (κ1) is 32.3. The van der Waals surface area contributed by atoms with E-state index in [2.05, 4.69) is 57.9 Å². The van der Waals surface area contributed by atoms with Gasteiger partial charge in [-0.25, -0.2) is 0 Å². The molecule has 0 heterocycles. The summed E-state index contributed by atoms with van der Waals surface area (Å²) in [6.07, 6.45) is 20.6. The average Bonchev–Trinajstić information content (AvgIpc) is 3.27. The van der Waals surface area contributed by atoms with Crippen molar-refractivity contribution < 1.29 is 9.59 Å². The molecule has 0 spiro atoms. The normalized spacial score (nSPS) is 35.1. The topological polar surface area (TPSA) is 58.2 Å². The van der Waals surface area contributed by atoms with Crippen LogP contribution in [0.2, 0.25) is 0 Å². The van der Waals surface area contributed by atoms with Crippen LogP contribution in [0.25, 0.3) is 0 Å². The fourth-order valence-corrected chi connectivity index (χ4v) is 10.0. The Hall–Kier alpha value is -1.58. The molecule has 4 aliphatic carbocycles. The van der Waals surface area contributed by atoms with Gasteiger partial charge in [0, 0.05) is 24.6 Å². The molecule has 0 aromatic carbocycles. The SMILES string of the molecule is C=C(C)C(=O)NCCCCCC(=O)N[C@H]1CC[C@@]2(C)C(=CCC3[C@@H]2CC[C@]2(C)C([C@H](C)CCCC(C)C)CC[C@@H]32)C1. The lowest BCUT2D eigenvalue weighted by molar-refractivity contribution is -0.122. The minimum absolute atomic E-state index is 0.0767. The summed E-state index contributed by atoms with van der Waals surface area (Å²) in [4.78, 5) is 24.3. The summed E-state index contributed by atoms with van der Waals surface area (Å²) in [7, 11) is 0. The van der Waals surface area contributed by atoms with Crippen LogP contribution in [0, 0.1) is 46.3 Å². The summed E-state index contributed by atoms with van der Waals surface area (Å²) in [6, 6.07) is 0.296. The minimum Gasteiger partial charge on any atom is -0.353 e. The van der Waals surface area contributed by atoms with Crippen molar-refractivity contribution in [1.29, 1.82) is 0 Å². The van der Waals surface area contributed by atoms with Crippen LogP contribution in [-0.4, -0.2) is 24.4 Å². The van der Waals surface area contributed by atoms with E-state index in [0.717, 1.165) is 67.6 Å². The molecule has 3 fully saturated rings. The highest BCUT2D eigenvalue weighted by Crippen LogP contribution is 2.67. The molecule has 4 heteroatoms. The predicted octanol–water partition coefficient (Wildman–Crippen LogP) is 8.77. The van der Waals surface area contributed by atoms with Gasteiger partial charge in [0.05, 0.1) is 0 Å². The van der Waals surface area contributed by atoms with Gasteiger partial charge in [0.15, 0.2) is 0 Å². The number of amides is 2. The van der Waals surface area contributed by atoms with Gasteiger partial charge in [-0.2, -0.15) is 0 Å². The largest absolute Gasteiger partial charge is 0.353 e. The van der Waals surface area contributed by atoms with Gasteiger partial charge in [-0.15, -0.1) is 0 Å². The molecule has 2 amide bonds. The van der Waals surface area contributed by atoms with Gasteiger partial charge in [-0.05, 0) is 117 Å². The van der Waals surface area contributed by atoms with E-state index in [0.29, 0.717) is 35.4 Å². The number of rotatable bonds is 13. The Balaban J connectivity index is 1.26. The third-order valence-corrected chi connectivity index (χ3v) is 12.4. The Morgan fingerprint density at radius 1 is 0.976 bits per heavy atom. The number of unbranched alkanes of at least 4 members (excludes halogenated alkanes) is 2. The third-order valence-electron chi connectivity index (χ3n) is 12.4. The predicted molar refractivity (Wildman–Crippen MR) is 171 cm³/mol. The van der Waals surface area contributed by atoms with Crippen molar-refractivity contribution in [3.63, 3.8) is 0 Å². The number of hydrogen-bond donors (Lipinski definition) is 2. The van der Waals surface area contributed by atoms with E-state index in [9.17, 15) is 9.59 Å². The highest BCUT2D eigenvalue weighted by Gasteiger charge is 2.59. The summed E-state index contributed by atoms with van der Waals surface area (Å²) in [5.74, 6) is 5.33. The second-order valence-electron chi connectivity index (χ2n) is 15.6. The highest BCUT2D eigenvalue weighted by atomic mass is 16.2. The van der Waals surface area contributed by atoms with Crippen LogP contribution in [0.5, 0.6) is 0 Å². The molecule has 2 unspecified atom stereocenters. The summed E-state index contributed by atoms with van der Waals surface area (Å²) in [5, 5.41) is 6.26. The molecule has 4 nitrogen and oxygen atoms in total. The monoisotopic (exact) mass is 566 g/mol. The zero-order valence-corrected chi connectivity index (χ0v) is 27.5. The quantitative estimate of drug-likeness (QED) is 0.133. The lowest BCUT2D eigenvalue weighted by Gasteiger charge is -2.58. The molecule has 3 saturated carbocycles. The van der Waals surface area contributed by atoms with Crippen molar-refractivity contribution in [3.05, 3.63) is 23.8 Å². The van der Waals surface area contributed by atoms with Gasteiger partial charge in [-0.1, -0.05) is 78.5 Å². The number of carbonyl (C=O) groups is 2. The van der Waals surface area contributed by atoms with Gasteiger partial charge < -0.3 is 10.6 Å². The molecule has 0 aromatic heterocycles. The molecule has 0 radical (unpaired) electrons. The van der Waals surface area contributed by atoms with E-state index in [1.807, 2.05) is 0 Å². The highest BCUT2D eigenvalue weighted by molar-refractivity contribution is 5.92. The van der Waals surface area contributed by atoms with Gasteiger partial charge >= 0.3 is 0 Å². The van der Waals surface area contributed by atoms with Gasteiger partial charge in [0.2, 0.25) is 11.8 Å². The number of fused-ring (bicyclic) bond motifs is 5. The number of hydrogen-bond acceptors (Lipinski definition) is 2. The summed E-state index contributed by atoms with van der Waals surface area (Å²) >= 11 is 0. The Kier molecular flexibility index (Phi) is 10.9. The first-order chi connectivity index (χ1) is 19.5. The van der Waals surface area contributed by atoms with Crippen LogP contribution in [0.4, 0.5) is 0 Å². The first-order valence-corrected chi connectivity index (χ1v) is 17.4. The van der Waals surface area contributed by atoms with Crippen molar-refractivity contribution in [2.24, 2.45) is 46.3 Å². The van der Waals surface area contributed by atoms with Gasteiger partial charge in [-0.3, -0.25) is 9.59 Å². The standard InChI is InChI=1S/C37H62N2O2/c1-25(2)12-11-13-27(5)31-17-18-32-30-16-15-28-24-29(19-21-36(28,6)33(30)20-22-37(31,32)7)39-34(40)14-9-8-10-23-38-35(41)26(3)4/h15,25,27,29-33H,3,8-14,16-24H2,1-2,4-7H3,(H,38,41)(H,39,40)/t27-,29+,30?,31?,32+,33+,36+,37-/m1/s1. The van der Waals surface area contributed by atoms with E-state index < -0.39 is 0 Å². The maximum atomic E-state index is 12.7. The molecule has 4 rings (SSSR count). The Morgan fingerprint density at radius 2 is 1.76 bits per heavy atom. The molecule has 41 heavy (non-hydrogen) atoms. The fourth-order valence-electron chi connectivity index (χ4n) is 10.0. The van der Waals surface area contributed by atoms with E-state index in [-0.39, 0.29) is 11.8 Å². The third kappa shape index (κ3) is 7.32. The van der Waals surface area contributed by atoms with Crippen LogP contribution >= 0.6 is 0 Å². The Labute approximate surface area is 252 Å². The average molecular weight is 567 g/mol. The lowest BCUT2D eigenvalue weighted by atomic mass is 9.47. The van der Waals surface area contributed by atoms with Gasteiger partial charge in [0.1, 0.15) is 0 Å². The van der Waals surface area contributed by atoms with Crippen molar-refractivity contribution in [2.45, 2.75) is 144 Å². The summed E-state index contributed by atoms with van der Waals surface area (Å²) in [5.41, 5.74) is 3.08. The van der Waals surface area contributed by atoms with E-state index in [1.165, 1.54) is 57.8 Å². The summed E-state index contributed by atoms with van der Waals surface area (Å²) in [6.45, 7) is 18.6. The van der Waals surface area contributed by atoms with Crippen LogP contribution in [0.15, 0.2) is 23.8 Å². The molecule has 0 aliphatic heterocycles. The summed E-state index contributed by atoms with van der Waals surface area (Å²) < 4.78 is 0. The van der Waals surface area contributed by atoms with Crippen LogP contribution in [0.3, 0.4) is 0 Å². The molecule has 232 valence electrons. The Morgan fingerprint density at radius 3 is 2.49 bits per heavy atom. The van der Waals surface area contributed by atoms with Crippen molar-refractivity contribution in [2.75, 3.05) is 6.54 Å². The maximum absolute atomic E-state index is 12.7. The zero-order valence-electron chi connectivity index (χ0n) is 27.5. The molecule has 0 bridgehead atoms. The van der Waals surface area contributed by atoms with Crippen LogP contribution in [0.1, 0.15) is 138 Å². The Bertz CT molecular complexity index is 968. The van der Waals surface area contributed by atoms with E-state index in [1.54, 1.807) is 12.5 Å². The number of carbonyl (C=O) groups excluding carboxylic acids is 2. The molecule has 8 atom stereocenters. The van der Waals surface area contributed by atoms with Gasteiger partial charge in [0.25, 0.3) is 0 Å². The molecule has 2 N–H and O–H groups in total. The molecular weight excluding hydrogens is 504 g/mol. The number of nitrogens with one attached hydrogen (secondary N) is 2. The molecule has 0 aromatic rings. The second-order valence-corrected chi connectivity index (χ2v) is 15.6. The second kappa shape index (κ2) is 13.8. The zero-order chi connectivity index (χ0) is 29.8. The molecule has 0 saturated heterocycles. The van der Waals surface area contributed by atoms with Crippen molar-refractivity contribution in [3.8, 4) is 0 Å². The fraction of sp³-hybridized carbons (Fsp3) is 0.838. The lowest BCUT2D eigenvalue weighted by Crippen LogP contribution is -2.52. The van der Waals surface area contributed by atoms with Crippen molar-refractivity contribution >= 4 is 11.8 Å². The number of allylic oxidation sites excluding steroid dienone is 1. The molecular formula is C37H62N2O2. The van der Waals surface area contributed by atoms with Crippen molar-refractivity contribution in [1.82, 2.24) is 10.6 Å². The molecule has 4 aliphatic rings. The van der Waals surface area contributed by atoms with Crippen LogP contribution in [-0.2, 0) is 9.59 Å². The van der Waals surface area contributed by atoms with Crippen LogP contribution < -0.4 is 10.6 Å².